The molecule has 30 heavy (non-hydrogen) atoms. The van der Waals surface area contributed by atoms with E-state index in [1.165, 1.54) is 7.11 Å². The Kier molecular flexibility index (Phi) is 5.97. The fourth-order valence-corrected chi connectivity index (χ4v) is 4.02. The molecule has 0 aliphatic carbocycles. The molecule has 4 rings (SSSR count). The van der Waals surface area contributed by atoms with Crippen LogP contribution >= 0.6 is 15.9 Å². The zero-order valence-corrected chi connectivity index (χ0v) is 18.0. The van der Waals surface area contributed by atoms with Gasteiger partial charge < -0.3 is 9.84 Å². The minimum absolute atomic E-state index is 0.108. The van der Waals surface area contributed by atoms with Gasteiger partial charge >= 0.3 is 5.97 Å². The quantitative estimate of drug-likeness (QED) is 0.522. The van der Waals surface area contributed by atoms with E-state index in [4.69, 9.17) is 9.73 Å². The van der Waals surface area contributed by atoms with E-state index in [0.29, 0.717) is 12.0 Å². The Morgan fingerprint density at radius 1 is 1.10 bits per heavy atom. The van der Waals surface area contributed by atoms with Gasteiger partial charge in [0.05, 0.1) is 12.7 Å². The number of hydrogen-bond acceptors (Lipinski definition) is 5. The predicted molar refractivity (Wildman–Crippen MR) is 120 cm³/mol. The first-order valence-electron chi connectivity index (χ1n) is 9.60. The zero-order chi connectivity index (χ0) is 21.1. The molecule has 2 atom stereocenters. The van der Waals surface area contributed by atoms with Crippen LogP contribution in [0.25, 0.3) is 0 Å². The van der Waals surface area contributed by atoms with Crippen LogP contribution in [0.1, 0.15) is 45.7 Å². The summed E-state index contributed by atoms with van der Waals surface area (Å²) in [6.45, 7) is 0. The number of aliphatic imine (C=N–C) groups is 1. The van der Waals surface area contributed by atoms with Crippen LogP contribution in [0.15, 0.2) is 82.3 Å². The maximum atomic E-state index is 11.7. The first-order chi connectivity index (χ1) is 14.5. The smallest absolute Gasteiger partial charge is 0.337 e. The molecule has 1 aliphatic rings. The van der Waals surface area contributed by atoms with Gasteiger partial charge in [-0.2, -0.15) is 0 Å². The molecule has 3 aromatic rings. The lowest BCUT2D eigenvalue weighted by Gasteiger charge is -2.31. The summed E-state index contributed by atoms with van der Waals surface area (Å²) in [5.74, 6) is -0.117. The molecule has 0 unspecified atom stereocenters. The molecule has 3 aromatic carbocycles. The summed E-state index contributed by atoms with van der Waals surface area (Å²) in [5.41, 5.74) is 4.23. The van der Waals surface area contributed by atoms with Gasteiger partial charge in [-0.1, -0.05) is 58.4 Å². The lowest BCUT2D eigenvalue weighted by Crippen LogP contribution is -2.33. The van der Waals surface area contributed by atoms with Crippen LogP contribution in [0.4, 0.5) is 0 Å². The van der Waals surface area contributed by atoms with Crippen LogP contribution < -0.4 is 5.32 Å². The van der Waals surface area contributed by atoms with Crippen LogP contribution in [0.3, 0.4) is 0 Å². The average Bonchev–Trinajstić information content (AvgIpc) is 2.78. The number of nitrogens with one attached hydrogen (secondary N) is 1. The van der Waals surface area contributed by atoms with Crippen LogP contribution in [0, 0.1) is 0 Å². The van der Waals surface area contributed by atoms with Crippen molar-refractivity contribution in [2.75, 3.05) is 7.11 Å². The van der Waals surface area contributed by atoms with Crippen molar-refractivity contribution in [3.05, 3.63) is 99.5 Å². The third-order valence-electron chi connectivity index (χ3n) is 5.16. The number of aromatic hydroxyl groups is 1. The molecular formula is C24H21BrN2O3. The molecule has 6 heteroatoms. The summed E-state index contributed by atoms with van der Waals surface area (Å²) < 4.78 is 5.77. The van der Waals surface area contributed by atoms with Gasteiger partial charge in [0.2, 0.25) is 0 Å². The predicted octanol–water partition coefficient (Wildman–Crippen LogP) is 5.16. The first kappa shape index (κ1) is 20.3. The average molecular weight is 465 g/mol. The topological polar surface area (TPSA) is 70.9 Å². The highest BCUT2D eigenvalue weighted by Crippen LogP contribution is 2.34. The number of phenols is 1. The second-order valence-corrected chi connectivity index (χ2v) is 8.00. The Bertz CT molecular complexity index is 1100. The Balaban J connectivity index is 1.73. The lowest BCUT2D eigenvalue weighted by atomic mass is 9.93. The number of esters is 1. The van der Waals surface area contributed by atoms with Crippen molar-refractivity contribution in [3.63, 3.8) is 0 Å². The number of carbonyl (C=O) groups excluding carboxylic acids is 1. The van der Waals surface area contributed by atoms with Crippen molar-refractivity contribution in [2.24, 2.45) is 4.99 Å². The number of benzene rings is 3. The summed E-state index contributed by atoms with van der Waals surface area (Å²) in [6.07, 6.45) is 0.328. The van der Waals surface area contributed by atoms with Crippen molar-refractivity contribution in [2.45, 2.75) is 18.6 Å². The fourth-order valence-electron chi connectivity index (χ4n) is 3.62. The highest BCUT2D eigenvalue weighted by Gasteiger charge is 2.27. The Morgan fingerprint density at radius 3 is 2.57 bits per heavy atom. The summed E-state index contributed by atoms with van der Waals surface area (Å²) in [6, 6.07) is 22.5. The Labute approximate surface area is 183 Å². The second kappa shape index (κ2) is 8.81. The van der Waals surface area contributed by atoms with Crippen molar-refractivity contribution < 1.29 is 14.6 Å². The standard InChI is InChI=1S/C24H21BrN2O3/c1-30-24(29)16-11-9-15(10-12-16)23-26-20(17-5-4-6-18(25)13-17)14-21(27-23)19-7-2-3-8-22(19)28/h2-13,21,23,27-28H,14H2,1H3/t21-,23-/m0/s1. The SMILES string of the molecule is COC(=O)c1ccc([C@H]2N=C(c3cccc(Br)c3)C[C@@H](c3ccccc3O)N2)cc1. The van der Waals surface area contributed by atoms with Crippen molar-refractivity contribution in [3.8, 4) is 5.75 Å². The number of para-hydroxylation sites is 1. The molecule has 1 aliphatic heterocycles. The van der Waals surface area contributed by atoms with E-state index in [-0.39, 0.29) is 23.9 Å². The van der Waals surface area contributed by atoms with Crippen molar-refractivity contribution in [1.29, 1.82) is 0 Å². The van der Waals surface area contributed by atoms with Crippen LogP contribution in [0.2, 0.25) is 0 Å². The molecule has 0 amide bonds. The number of rotatable bonds is 4. The number of halogens is 1. The number of hydrogen-bond donors (Lipinski definition) is 2. The minimum Gasteiger partial charge on any atom is -0.508 e. The molecule has 2 N–H and O–H groups in total. The van der Waals surface area contributed by atoms with Crippen molar-refractivity contribution in [1.82, 2.24) is 5.32 Å². The summed E-state index contributed by atoms with van der Waals surface area (Å²) in [7, 11) is 1.37. The molecule has 0 bridgehead atoms. The highest BCUT2D eigenvalue weighted by molar-refractivity contribution is 9.10. The van der Waals surface area contributed by atoms with Gasteiger partial charge in [0.1, 0.15) is 11.9 Å². The monoisotopic (exact) mass is 464 g/mol. The van der Waals surface area contributed by atoms with Gasteiger partial charge in [0.15, 0.2) is 0 Å². The Morgan fingerprint density at radius 2 is 1.87 bits per heavy atom. The lowest BCUT2D eigenvalue weighted by molar-refractivity contribution is 0.0600. The number of carbonyl (C=O) groups is 1. The Hall–Kier alpha value is -2.96. The summed E-state index contributed by atoms with van der Waals surface area (Å²) in [5, 5.41) is 13.9. The fraction of sp³-hybridized carbons (Fsp3) is 0.167. The van der Waals surface area contributed by atoms with E-state index < -0.39 is 0 Å². The van der Waals surface area contributed by atoms with E-state index in [1.807, 2.05) is 54.6 Å². The maximum absolute atomic E-state index is 11.7. The second-order valence-electron chi connectivity index (χ2n) is 7.08. The van der Waals surface area contributed by atoms with Crippen molar-refractivity contribution >= 4 is 27.6 Å². The van der Waals surface area contributed by atoms with Gasteiger partial charge in [0, 0.05) is 28.2 Å². The number of phenolic OH excluding ortho intramolecular Hbond substituents is 1. The largest absolute Gasteiger partial charge is 0.508 e. The zero-order valence-electron chi connectivity index (χ0n) is 16.4. The van der Waals surface area contributed by atoms with E-state index in [2.05, 4.69) is 21.2 Å². The first-order valence-corrected chi connectivity index (χ1v) is 10.4. The van der Waals surface area contributed by atoms with Crippen LogP contribution in [0.5, 0.6) is 5.75 Å². The molecule has 152 valence electrons. The molecule has 0 aromatic heterocycles. The molecule has 0 saturated heterocycles. The molecule has 1 heterocycles. The van der Waals surface area contributed by atoms with E-state index in [0.717, 1.165) is 26.9 Å². The molecule has 0 radical (unpaired) electrons. The molecule has 5 nitrogen and oxygen atoms in total. The van der Waals surface area contributed by atoms with Crippen LogP contribution in [-0.4, -0.2) is 23.9 Å². The minimum atomic E-state index is -0.372. The number of ether oxygens (including phenoxy) is 1. The van der Waals surface area contributed by atoms with E-state index >= 15 is 0 Å². The third kappa shape index (κ3) is 4.30. The maximum Gasteiger partial charge on any atom is 0.337 e. The van der Waals surface area contributed by atoms with E-state index in [9.17, 15) is 9.90 Å². The summed E-state index contributed by atoms with van der Waals surface area (Å²) in [4.78, 5) is 16.7. The third-order valence-corrected chi connectivity index (χ3v) is 5.65. The number of methoxy groups -OCH3 is 1. The van der Waals surface area contributed by atoms with Crippen LogP contribution in [-0.2, 0) is 4.74 Å². The van der Waals surface area contributed by atoms with Gasteiger partial charge in [-0.25, -0.2) is 4.79 Å². The normalized spacial score (nSPS) is 18.5. The number of nitrogens with zero attached hydrogens (tertiary/aromatic N) is 1. The molecular weight excluding hydrogens is 444 g/mol. The van der Waals surface area contributed by atoms with Gasteiger partial charge in [-0.05, 0) is 41.5 Å². The summed E-state index contributed by atoms with van der Waals surface area (Å²) >= 11 is 3.53. The van der Waals surface area contributed by atoms with E-state index in [1.54, 1.807) is 18.2 Å². The highest BCUT2D eigenvalue weighted by atomic mass is 79.9. The van der Waals surface area contributed by atoms with Gasteiger partial charge in [-0.3, -0.25) is 10.3 Å². The molecule has 0 saturated carbocycles. The molecule has 0 fully saturated rings. The molecule has 0 spiro atoms. The van der Waals surface area contributed by atoms with Gasteiger partial charge in [0.25, 0.3) is 0 Å². The van der Waals surface area contributed by atoms with Gasteiger partial charge in [-0.15, -0.1) is 0 Å².